The van der Waals surface area contributed by atoms with Crippen LogP contribution in [0.1, 0.15) is 25.7 Å². The molecule has 0 radical (unpaired) electrons. The third-order valence-corrected chi connectivity index (χ3v) is 4.15. The highest BCUT2D eigenvalue weighted by atomic mass is 16.5. The molecule has 0 spiro atoms. The maximum Gasteiger partial charge on any atom is 0.0761 e. The van der Waals surface area contributed by atoms with Crippen LogP contribution in [-0.2, 0) is 9.47 Å². The first-order valence-electron chi connectivity index (χ1n) is 5.80. The van der Waals surface area contributed by atoms with E-state index in [1.54, 1.807) is 0 Å². The minimum Gasteiger partial charge on any atom is -0.389 e. The molecule has 3 N–H and O–H groups in total. The second-order valence-corrected chi connectivity index (χ2v) is 4.74. The molecular formula is C11H21NO3. The first kappa shape index (κ1) is 11.3. The second kappa shape index (κ2) is 4.37. The van der Waals surface area contributed by atoms with Gasteiger partial charge in [0.15, 0.2) is 0 Å². The highest BCUT2D eigenvalue weighted by molar-refractivity contribution is 5.01. The SMILES string of the molecule is NCC1(C2(O)CCOCC2)CCOCC1. The van der Waals surface area contributed by atoms with Gasteiger partial charge in [-0.3, -0.25) is 0 Å². The van der Waals surface area contributed by atoms with E-state index in [-0.39, 0.29) is 5.41 Å². The lowest BCUT2D eigenvalue weighted by Crippen LogP contribution is -2.57. The van der Waals surface area contributed by atoms with Crippen molar-refractivity contribution in [3.05, 3.63) is 0 Å². The number of rotatable bonds is 2. The van der Waals surface area contributed by atoms with Gasteiger partial charge in [-0.25, -0.2) is 0 Å². The van der Waals surface area contributed by atoms with Gasteiger partial charge in [0, 0.05) is 51.2 Å². The summed E-state index contributed by atoms with van der Waals surface area (Å²) in [5.41, 5.74) is 5.12. The molecule has 2 saturated heterocycles. The molecule has 15 heavy (non-hydrogen) atoms. The summed E-state index contributed by atoms with van der Waals surface area (Å²) in [7, 11) is 0. The predicted molar refractivity (Wildman–Crippen MR) is 56.5 cm³/mol. The van der Waals surface area contributed by atoms with E-state index < -0.39 is 5.60 Å². The minimum atomic E-state index is -0.635. The molecule has 0 aromatic rings. The van der Waals surface area contributed by atoms with E-state index in [2.05, 4.69) is 0 Å². The Morgan fingerprint density at radius 1 is 0.933 bits per heavy atom. The first-order valence-corrected chi connectivity index (χ1v) is 5.80. The monoisotopic (exact) mass is 215 g/mol. The van der Waals surface area contributed by atoms with Crippen LogP contribution in [0.25, 0.3) is 0 Å². The van der Waals surface area contributed by atoms with Gasteiger partial charge >= 0.3 is 0 Å². The van der Waals surface area contributed by atoms with Gasteiger partial charge in [0.1, 0.15) is 0 Å². The largest absolute Gasteiger partial charge is 0.389 e. The predicted octanol–water partition coefficient (Wildman–Crippen LogP) is 0.283. The van der Waals surface area contributed by atoms with Crippen LogP contribution >= 0.6 is 0 Å². The zero-order chi connectivity index (χ0) is 10.8. The van der Waals surface area contributed by atoms with Gasteiger partial charge in [0.25, 0.3) is 0 Å². The number of ether oxygens (including phenoxy) is 2. The number of hydrogen-bond acceptors (Lipinski definition) is 4. The highest BCUT2D eigenvalue weighted by Crippen LogP contribution is 2.45. The summed E-state index contributed by atoms with van der Waals surface area (Å²) in [4.78, 5) is 0. The molecule has 0 amide bonds. The Kier molecular flexibility index (Phi) is 3.30. The van der Waals surface area contributed by atoms with Crippen molar-refractivity contribution < 1.29 is 14.6 Å². The van der Waals surface area contributed by atoms with Crippen molar-refractivity contribution in [2.75, 3.05) is 33.0 Å². The van der Waals surface area contributed by atoms with Crippen molar-refractivity contribution >= 4 is 0 Å². The quantitative estimate of drug-likeness (QED) is 0.694. The van der Waals surface area contributed by atoms with E-state index in [0.29, 0.717) is 32.6 Å². The maximum absolute atomic E-state index is 10.7. The molecule has 2 aliphatic heterocycles. The lowest BCUT2D eigenvalue weighted by molar-refractivity contribution is -0.170. The summed E-state index contributed by atoms with van der Waals surface area (Å²) >= 11 is 0. The molecule has 2 aliphatic rings. The van der Waals surface area contributed by atoms with E-state index in [9.17, 15) is 5.11 Å². The number of hydrogen-bond donors (Lipinski definition) is 2. The molecular weight excluding hydrogens is 194 g/mol. The summed E-state index contributed by atoms with van der Waals surface area (Å²) < 4.78 is 10.7. The molecule has 4 nitrogen and oxygen atoms in total. The average molecular weight is 215 g/mol. The standard InChI is InChI=1S/C11H21NO3/c12-9-10(1-5-14-6-2-10)11(13)3-7-15-8-4-11/h13H,1-9,12H2. The second-order valence-electron chi connectivity index (χ2n) is 4.74. The highest BCUT2D eigenvalue weighted by Gasteiger charge is 2.50. The van der Waals surface area contributed by atoms with Gasteiger partial charge in [-0.15, -0.1) is 0 Å². The fraction of sp³-hybridized carbons (Fsp3) is 1.00. The van der Waals surface area contributed by atoms with Crippen molar-refractivity contribution in [2.45, 2.75) is 31.3 Å². The Morgan fingerprint density at radius 2 is 1.40 bits per heavy atom. The zero-order valence-electron chi connectivity index (χ0n) is 9.21. The Hall–Kier alpha value is -0.160. The van der Waals surface area contributed by atoms with Crippen LogP contribution in [0.4, 0.5) is 0 Å². The van der Waals surface area contributed by atoms with Gasteiger partial charge in [0.2, 0.25) is 0 Å². The van der Waals surface area contributed by atoms with Crippen LogP contribution in [0.2, 0.25) is 0 Å². The molecule has 88 valence electrons. The van der Waals surface area contributed by atoms with Crippen molar-refractivity contribution in [2.24, 2.45) is 11.1 Å². The molecule has 4 heteroatoms. The maximum atomic E-state index is 10.7. The van der Waals surface area contributed by atoms with Crippen LogP contribution < -0.4 is 5.73 Å². The fourth-order valence-electron chi connectivity index (χ4n) is 2.86. The number of aliphatic hydroxyl groups is 1. The minimum absolute atomic E-state index is 0.144. The van der Waals surface area contributed by atoms with Crippen LogP contribution in [0, 0.1) is 5.41 Å². The van der Waals surface area contributed by atoms with Crippen LogP contribution in [0.3, 0.4) is 0 Å². The molecule has 2 fully saturated rings. The first-order chi connectivity index (χ1) is 7.22. The average Bonchev–Trinajstić information content (AvgIpc) is 2.31. The molecule has 0 aliphatic carbocycles. The third-order valence-electron chi connectivity index (χ3n) is 4.15. The van der Waals surface area contributed by atoms with Crippen molar-refractivity contribution in [3.8, 4) is 0 Å². The molecule has 0 aromatic heterocycles. The van der Waals surface area contributed by atoms with E-state index in [4.69, 9.17) is 15.2 Å². The summed E-state index contributed by atoms with van der Waals surface area (Å²) in [6.07, 6.45) is 3.18. The topological polar surface area (TPSA) is 64.7 Å². The van der Waals surface area contributed by atoms with Crippen molar-refractivity contribution in [1.82, 2.24) is 0 Å². The Labute approximate surface area is 90.7 Å². The summed E-state index contributed by atoms with van der Waals surface area (Å²) in [6.45, 7) is 3.30. The van der Waals surface area contributed by atoms with E-state index >= 15 is 0 Å². The molecule has 0 saturated carbocycles. The molecule has 0 atom stereocenters. The lowest BCUT2D eigenvalue weighted by Gasteiger charge is -2.50. The smallest absolute Gasteiger partial charge is 0.0761 e. The van der Waals surface area contributed by atoms with Crippen LogP contribution in [-0.4, -0.2) is 43.7 Å². The molecule has 2 heterocycles. The Bertz CT molecular complexity index is 208. The number of nitrogens with two attached hydrogens (primary N) is 1. The van der Waals surface area contributed by atoms with E-state index in [0.717, 1.165) is 26.1 Å². The van der Waals surface area contributed by atoms with E-state index in [1.807, 2.05) is 0 Å². The van der Waals surface area contributed by atoms with Crippen LogP contribution in [0.15, 0.2) is 0 Å². The van der Waals surface area contributed by atoms with Crippen molar-refractivity contribution in [1.29, 1.82) is 0 Å². The van der Waals surface area contributed by atoms with Gasteiger partial charge in [-0.2, -0.15) is 0 Å². The molecule has 0 aromatic carbocycles. The summed E-state index contributed by atoms with van der Waals surface area (Å²) in [6, 6.07) is 0. The molecule has 2 rings (SSSR count). The Balaban J connectivity index is 2.15. The van der Waals surface area contributed by atoms with Gasteiger partial charge in [-0.1, -0.05) is 0 Å². The van der Waals surface area contributed by atoms with Crippen LogP contribution in [0.5, 0.6) is 0 Å². The molecule has 0 unspecified atom stereocenters. The lowest BCUT2D eigenvalue weighted by atomic mass is 9.63. The van der Waals surface area contributed by atoms with Gasteiger partial charge in [-0.05, 0) is 12.8 Å². The molecule has 0 bridgehead atoms. The van der Waals surface area contributed by atoms with Crippen molar-refractivity contribution in [3.63, 3.8) is 0 Å². The normalized spacial score (nSPS) is 30.0. The third kappa shape index (κ3) is 1.91. The fourth-order valence-corrected chi connectivity index (χ4v) is 2.86. The van der Waals surface area contributed by atoms with E-state index in [1.165, 1.54) is 0 Å². The Morgan fingerprint density at radius 3 is 1.87 bits per heavy atom. The summed E-state index contributed by atoms with van der Waals surface area (Å²) in [5, 5.41) is 10.7. The summed E-state index contributed by atoms with van der Waals surface area (Å²) in [5.74, 6) is 0. The van der Waals surface area contributed by atoms with Gasteiger partial charge in [0.05, 0.1) is 5.60 Å². The van der Waals surface area contributed by atoms with Gasteiger partial charge < -0.3 is 20.3 Å². The zero-order valence-corrected chi connectivity index (χ0v) is 9.21.